The maximum absolute atomic E-state index is 13.5. The van der Waals surface area contributed by atoms with Crippen molar-refractivity contribution in [2.45, 2.75) is 11.9 Å². The smallest absolute Gasteiger partial charge is 0.287 e. The molecule has 0 radical (unpaired) electrons. The Morgan fingerprint density at radius 1 is 1.06 bits per heavy atom. The fourth-order valence-electron chi connectivity index (χ4n) is 3.74. The van der Waals surface area contributed by atoms with Gasteiger partial charge in [-0.05, 0) is 24.6 Å². The van der Waals surface area contributed by atoms with E-state index in [0.717, 1.165) is 10.8 Å². The van der Waals surface area contributed by atoms with E-state index in [1.807, 2.05) is 6.07 Å². The zero-order chi connectivity index (χ0) is 22.6. The number of aromatic nitrogens is 4. The summed E-state index contributed by atoms with van der Waals surface area (Å²) in [7, 11) is -2.20. The first-order valence-corrected chi connectivity index (χ1v) is 11.5. The Labute approximate surface area is 182 Å². The van der Waals surface area contributed by atoms with Crippen molar-refractivity contribution in [2.75, 3.05) is 13.4 Å². The minimum Gasteiger partial charge on any atom is -0.494 e. The Bertz CT molecular complexity index is 1660. The largest absolute Gasteiger partial charge is 0.494 e. The van der Waals surface area contributed by atoms with Gasteiger partial charge < -0.3 is 14.1 Å². The van der Waals surface area contributed by atoms with Gasteiger partial charge in [0.05, 0.1) is 12.7 Å². The van der Waals surface area contributed by atoms with E-state index in [2.05, 4.69) is 15.1 Å². The number of sulfone groups is 1. The third-order valence-corrected chi connectivity index (χ3v) is 6.16. The van der Waals surface area contributed by atoms with Crippen LogP contribution in [0.15, 0.2) is 62.8 Å². The molecule has 5 aromatic rings. The van der Waals surface area contributed by atoms with Crippen LogP contribution in [0.1, 0.15) is 5.69 Å². The highest BCUT2D eigenvalue weighted by atomic mass is 32.2. The molecule has 0 amide bonds. The molecule has 32 heavy (non-hydrogen) atoms. The number of oxazole rings is 1. The van der Waals surface area contributed by atoms with E-state index >= 15 is 0 Å². The van der Waals surface area contributed by atoms with Gasteiger partial charge in [0, 0.05) is 11.9 Å². The lowest BCUT2D eigenvalue weighted by Crippen LogP contribution is -2.19. The second-order valence-electron chi connectivity index (χ2n) is 7.33. The Morgan fingerprint density at radius 3 is 2.50 bits per heavy atom. The molecule has 3 aromatic heterocycles. The first-order valence-electron chi connectivity index (χ1n) is 9.64. The van der Waals surface area contributed by atoms with Crippen LogP contribution in [0.5, 0.6) is 5.75 Å². The molecule has 0 saturated carbocycles. The maximum Gasteiger partial charge on any atom is 0.287 e. The minimum absolute atomic E-state index is 0.0859. The molecule has 0 bridgehead atoms. The second-order valence-corrected chi connectivity index (χ2v) is 9.27. The maximum atomic E-state index is 13.5. The number of hydrogen-bond donors (Lipinski definition) is 1. The number of para-hydroxylation sites is 1. The second kappa shape index (κ2) is 7.06. The lowest BCUT2D eigenvalue weighted by molar-refractivity contribution is 0.419. The van der Waals surface area contributed by atoms with Crippen LogP contribution in [0, 0.1) is 6.92 Å². The SMILES string of the molecule is COc1cccc2oc(-c3c(C)[nH]c4c(-c5ccccc5)c(S(C)(=O)=O)nn4c3=O)nc12. The first-order chi connectivity index (χ1) is 15.3. The van der Waals surface area contributed by atoms with E-state index < -0.39 is 15.4 Å². The number of fused-ring (bicyclic) bond motifs is 2. The number of nitrogens with zero attached hydrogens (tertiary/aromatic N) is 3. The molecule has 162 valence electrons. The van der Waals surface area contributed by atoms with Crippen LogP contribution in [0.25, 0.3) is 39.3 Å². The highest BCUT2D eigenvalue weighted by molar-refractivity contribution is 7.90. The molecule has 3 heterocycles. The van der Waals surface area contributed by atoms with Gasteiger partial charge >= 0.3 is 0 Å². The third-order valence-electron chi connectivity index (χ3n) is 5.17. The van der Waals surface area contributed by atoms with E-state index in [9.17, 15) is 13.2 Å². The molecule has 1 N–H and O–H groups in total. The Kier molecular flexibility index (Phi) is 4.41. The van der Waals surface area contributed by atoms with Crippen molar-refractivity contribution >= 4 is 26.6 Å². The lowest BCUT2D eigenvalue weighted by Gasteiger charge is -2.05. The Morgan fingerprint density at radius 2 is 1.81 bits per heavy atom. The molecule has 5 rings (SSSR count). The molecular formula is C22H18N4O5S. The van der Waals surface area contributed by atoms with Crippen LogP contribution in [-0.2, 0) is 9.84 Å². The van der Waals surface area contributed by atoms with Crippen LogP contribution >= 0.6 is 0 Å². The fourth-order valence-corrected chi connectivity index (χ4v) is 4.55. The summed E-state index contributed by atoms with van der Waals surface area (Å²) in [5.74, 6) is 0.597. The number of ether oxygens (including phenoxy) is 1. The molecule has 0 atom stereocenters. The molecule has 2 aromatic carbocycles. The number of methoxy groups -OCH3 is 1. The Hall–Kier alpha value is -3.92. The van der Waals surface area contributed by atoms with Crippen LogP contribution < -0.4 is 10.3 Å². The van der Waals surface area contributed by atoms with E-state index in [-0.39, 0.29) is 22.1 Å². The number of H-pyrrole nitrogens is 1. The van der Waals surface area contributed by atoms with Crippen molar-refractivity contribution in [3.05, 3.63) is 64.6 Å². The molecule has 0 aliphatic rings. The van der Waals surface area contributed by atoms with Gasteiger partial charge in [0.1, 0.15) is 17.0 Å². The molecular weight excluding hydrogens is 432 g/mol. The highest BCUT2D eigenvalue weighted by Crippen LogP contribution is 2.33. The molecule has 0 unspecified atom stereocenters. The van der Waals surface area contributed by atoms with Crippen molar-refractivity contribution < 1.29 is 17.6 Å². The molecule has 0 saturated heterocycles. The number of benzene rings is 2. The number of hydrogen-bond acceptors (Lipinski definition) is 7. The average molecular weight is 450 g/mol. The number of rotatable bonds is 4. The van der Waals surface area contributed by atoms with Gasteiger partial charge in [-0.1, -0.05) is 36.4 Å². The van der Waals surface area contributed by atoms with Crippen molar-refractivity contribution in [1.29, 1.82) is 0 Å². The van der Waals surface area contributed by atoms with E-state index in [0.29, 0.717) is 33.7 Å². The zero-order valence-corrected chi connectivity index (χ0v) is 18.2. The van der Waals surface area contributed by atoms with E-state index in [1.54, 1.807) is 49.4 Å². The molecule has 0 fully saturated rings. The van der Waals surface area contributed by atoms with E-state index in [1.165, 1.54) is 7.11 Å². The summed E-state index contributed by atoms with van der Waals surface area (Å²) in [6.45, 7) is 1.70. The standard InChI is InChI=1S/C22H18N4O5S/c1-12-16(20-24-18-14(30-2)10-7-11-15(18)31-20)22(27)26-19(23-12)17(13-8-5-4-6-9-13)21(25-26)32(3,28)29/h4-11,23H,1-3H3. The predicted octanol–water partition coefficient (Wildman–Crippen LogP) is 3.22. The molecule has 0 aliphatic carbocycles. The highest BCUT2D eigenvalue weighted by Gasteiger charge is 2.27. The third kappa shape index (κ3) is 2.99. The van der Waals surface area contributed by atoms with Gasteiger partial charge in [-0.2, -0.15) is 9.61 Å². The Balaban J connectivity index is 1.84. The van der Waals surface area contributed by atoms with Crippen LogP contribution in [0.2, 0.25) is 0 Å². The first kappa shape index (κ1) is 20.0. The van der Waals surface area contributed by atoms with Gasteiger partial charge in [0.2, 0.25) is 5.89 Å². The summed E-state index contributed by atoms with van der Waals surface area (Å²) in [6.07, 6.45) is 1.06. The quantitative estimate of drug-likeness (QED) is 0.446. The van der Waals surface area contributed by atoms with Gasteiger partial charge in [-0.3, -0.25) is 4.79 Å². The summed E-state index contributed by atoms with van der Waals surface area (Å²) in [6, 6.07) is 14.1. The normalized spacial score (nSPS) is 12.0. The molecule has 9 nitrogen and oxygen atoms in total. The van der Waals surface area contributed by atoms with E-state index in [4.69, 9.17) is 9.15 Å². The summed E-state index contributed by atoms with van der Waals surface area (Å²) in [4.78, 5) is 21.0. The minimum atomic E-state index is -3.73. The molecule has 0 aliphatic heterocycles. The topological polar surface area (TPSA) is 120 Å². The summed E-state index contributed by atoms with van der Waals surface area (Å²) in [5, 5.41) is 3.98. The van der Waals surface area contributed by atoms with Gasteiger partial charge in [-0.25, -0.2) is 13.4 Å². The van der Waals surface area contributed by atoms with Gasteiger partial charge in [-0.15, -0.1) is 0 Å². The van der Waals surface area contributed by atoms with Gasteiger partial charge in [0.15, 0.2) is 26.0 Å². The molecule has 10 heteroatoms. The number of aromatic amines is 1. The fraction of sp³-hybridized carbons (Fsp3) is 0.136. The summed E-state index contributed by atoms with van der Waals surface area (Å²) < 4.78 is 37.2. The molecule has 0 spiro atoms. The average Bonchev–Trinajstić information content (AvgIpc) is 3.36. The summed E-state index contributed by atoms with van der Waals surface area (Å²) >= 11 is 0. The van der Waals surface area contributed by atoms with Crippen molar-refractivity contribution in [3.63, 3.8) is 0 Å². The predicted molar refractivity (Wildman–Crippen MR) is 119 cm³/mol. The lowest BCUT2D eigenvalue weighted by atomic mass is 10.1. The van der Waals surface area contributed by atoms with Crippen LogP contribution in [0.4, 0.5) is 0 Å². The van der Waals surface area contributed by atoms with Crippen molar-refractivity contribution in [2.24, 2.45) is 0 Å². The zero-order valence-electron chi connectivity index (χ0n) is 17.4. The summed E-state index contributed by atoms with van der Waals surface area (Å²) in [5.41, 5.74) is 2.23. The monoisotopic (exact) mass is 450 g/mol. The van der Waals surface area contributed by atoms with Gasteiger partial charge in [0.25, 0.3) is 5.56 Å². The van der Waals surface area contributed by atoms with Crippen molar-refractivity contribution in [1.82, 2.24) is 19.6 Å². The number of aryl methyl sites for hydroxylation is 1. The van der Waals surface area contributed by atoms with Crippen LogP contribution in [-0.4, -0.2) is 41.4 Å². The van der Waals surface area contributed by atoms with Crippen molar-refractivity contribution in [3.8, 4) is 28.3 Å². The van der Waals surface area contributed by atoms with Crippen LogP contribution in [0.3, 0.4) is 0 Å². The number of nitrogens with one attached hydrogen (secondary N) is 1.